The third-order valence-electron chi connectivity index (χ3n) is 5.24. The number of nitrogens with one attached hydrogen (secondary N) is 1. The van der Waals surface area contributed by atoms with Gasteiger partial charge in [0.15, 0.2) is 0 Å². The number of carbonyl (C=O) groups is 2. The molecule has 0 bridgehead atoms. The Hall–Kier alpha value is -4.12. The summed E-state index contributed by atoms with van der Waals surface area (Å²) in [6.45, 7) is 5.75. The minimum atomic E-state index is -0.960. The van der Waals surface area contributed by atoms with Gasteiger partial charge in [-0.15, -0.1) is 0 Å². The van der Waals surface area contributed by atoms with E-state index in [-0.39, 0.29) is 5.56 Å². The minimum Gasteiger partial charge on any atom is -0.480 e. The summed E-state index contributed by atoms with van der Waals surface area (Å²) >= 11 is 0. The van der Waals surface area contributed by atoms with Gasteiger partial charge >= 0.3 is 12.1 Å². The van der Waals surface area contributed by atoms with Gasteiger partial charge in [0, 0.05) is 17.6 Å². The summed E-state index contributed by atoms with van der Waals surface area (Å²) in [6, 6.07) is 17.9. The zero-order valence-electron chi connectivity index (χ0n) is 19.4. The van der Waals surface area contributed by atoms with Crippen molar-refractivity contribution in [1.29, 1.82) is 5.26 Å². The SMILES string of the molecule is CC(C)(C)OC(=O)N1CCC[C@H]1C(=O)O.N#Cc1ccc(-c2cc3ccccc3c(=O)[nH]2)cc1. The van der Waals surface area contributed by atoms with E-state index < -0.39 is 23.7 Å². The molecule has 0 aliphatic carbocycles. The number of carbonyl (C=O) groups excluding carboxylic acids is 1. The first kappa shape index (κ1) is 24.5. The molecule has 0 saturated carbocycles. The summed E-state index contributed by atoms with van der Waals surface area (Å²) in [4.78, 5) is 38.6. The summed E-state index contributed by atoms with van der Waals surface area (Å²) in [6.07, 6.45) is 0.692. The Morgan fingerprint density at radius 3 is 2.44 bits per heavy atom. The molecule has 0 radical (unpaired) electrons. The number of carboxylic acids is 1. The van der Waals surface area contributed by atoms with Gasteiger partial charge in [-0.1, -0.05) is 30.3 Å². The average Bonchev–Trinajstić information content (AvgIpc) is 3.29. The molecule has 1 aliphatic heterocycles. The lowest BCUT2D eigenvalue weighted by molar-refractivity contribution is -0.142. The number of fused-ring (bicyclic) bond motifs is 1. The molecule has 1 aliphatic rings. The van der Waals surface area contributed by atoms with Crippen LogP contribution in [-0.2, 0) is 9.53 Å². The lowest BCUT2D eigenvalue weighted by atomic mass is 10.1. The second-order valence-corrected chi connectivity index (χ2v) is 8.96. The zero-order valence-corrected chi connectivity index (χ0v) is 19.4. The van der Waals surface area contributed by atoms with Gasteiger partial charge in [0.25, 0.3) is 5.56 Å². The highest BCUT2D eigenvalue weighted by Gasteiger charge is 2.36. The van der Waals surface area contributed by atoms with E-state index in [2.05, 4.69) is 11.1 Å². The second-order valence-electron chi connectivity index (χ2n) is 8.96. The number of hydrogen-bond acceptors (Lipinski definition) is 5. The topological polar surface area (TPSA) is 123 Å². The van der Waals surface area contributed by atoms with Gasteiger partial charge in [0.1, 0.15) is 11.6 Å². The van der Waals surface area contributed by atoms with Gasteiger partial charge in [-0.25, -0.2) is 9.59 Å². The van der Waals surface area contributed by atoms with Crippen LogP contribution in [0.2, 0.25) is 0 Å². The number of nitriles is 1. The van der Waals surface area contributed by atoms with Crippen molar-refractivity contribution in [2.45, 2.75) is 45.3 Å². The Morgan fingerprint density at radius 1 is 1.15 bits per heavy atom. The van der Waals surface area contributed by atoms with E-state index in [0.29, 0.717) is 23.9 Å². The van der Waals surface area contributed by atoms with Crippen molar-refractivity contribution in [3.05, 3.63) is 70.5 Å². The normalized spacial score (nSPS) is 15.2. The fourth-order valence-electron chi connectivity index (χ4n) is 3.65. The van der Waals surface area contributed by atoms with Crippen molar-refractivity contribution >= 4 is 22.8 Å². The van der Waals surface area contributed by atoms with Crippen LogP contribution < -0.4 is 5.56 Å². The predicted molar refractivity (Wildman–Crippen MR) is 128 cm³/mol. The van der Waals surface area contributed by atoms with E-state index in [1.807, 2.05) is 36.4 Å². The number of aromatic nitrogens is 1. The van der Waals surface area contributed by atoms with Gasteiger partial charge in [-0.05, 0) is 68.8 Å². The Labute approximate surface area is 197 Å². The first-order chi connectivity index (χ1) is 16.1. The molecule has 0 spiro atoms. The summed E-state index contributed by atoms with van der Waals surface area (Å²) < 4.78 is 5.13. The molecule has 8 nitrogen and oxygen atoms in total. The average molecular weight is 462 g/mol. The van der Waals surface area contributed by atoms with Crippen LogP contribution in [0.4, 0.5) is 4.79 Å². The molecule has 1 amide bonds. The quantitative estimate of drug-likeness (QED) is 0.578. The number of aliphatic carboxylic acids is 1. The van der Waals surface area contributed by atoms with Crippen LogP contribution >= 0.6 is 0 Å². The number of hydrogen-bond donors (Lipinski definition) is 2. The highest BCUT2D eigenvalue weighted by Crippen LogP contribution is 2.21. The number of amides is 1. The molecule has 1 fully saturated rings. The molecule has 2 aromatic carbocycles. The number of carboxylic acid groups (broad SMARTS) is 1. The van der Waals surface area contributed by atoms with Crippen LogP contribution in [0.3, 0.4) is 0 Å². The monoisotopic (exact) mass is 461 g/mol. The van der Waals surface area contributed by atoms with E-state index in [9.17, 15) is 14.4 Å². The molecule has 1 saturated heterocycles. The van der Waals surface area contributed by atoms with Gasteiger partial charge < -0.3 is 14.8 Å². The molecule has 1 atom stereocenters. The van der Waals surface area contributed by atoms with E-state index in [1.165, 1.54) is 4.90 Å². The van der Waals surface area contributed by atoms with Crippen LogP contribution in [0.5, 0.6) is 0 Å². The zero-order chi connectivity index (χ0) is 24.9. The van der Waals surface area contributed by atoms with Crippen molar-refractivity contribution in [1.82, 2.24) is 9.88 Å². The highest BCUT2D eigenvalue weighted by molar-refractivity contribution is 5.85. The summed E-state index contributed by atoms with van der Waals surface area (Å²) in [5, 5.41) is 19.2. The maximum absolute atomic E-state index is 12.0. The number of nitrogens with zero attached hydrogens (tertiary/aromatic N) is 2. The molecule has 2 heterocycles. The van der Waals surface area contributed by atoms with Gasteiger partial charge in [-0.3, -0.25) is 9.69 Å². The number of H-pyrrole nitrogens is 1. The highest BCUT2D eigenvalue weighted by atomic mass is 16.6. The first-order valence-electron chi connectivity index (χ1n) is 10.9. The van der Waals surface area contributed by atoms with Crippen molar-refractivity contribution in [2.24, 2.45) is 0 Å². The van der Waals surface area contributed by atoms with Crippen LogP contribution in [0.1, 0.15) is 39.2 Å². The standard InChI is InChI=1S/C16H10N2O.C10H17NO4/c17-10-11-5-7-12(8-6-11)15-9-13-3-1-2-4-14(13)16(19)18-15;1-10(2,3)15-9(14)11-6-4-5-7(11)8(12)13/h1-9H,(H,18,19);7H,4-6H2,1-3H3,(H,12,13)/t;7-/m.0/s1. The molecule has 0 unspecified atom stereocenters. The fourth-order valence-corrected chi connectivity index (χ4v) is 3.65. The van der Waals surface area contributed by atoms with Gasteiger partial charge in [-0.2, -0.15) is 5.26 Å². The minimum absolute atomic E-state index is 0.0996. The molecule has 4 rings (SSSR count). The Kier molecular flexibility index (Phi) is 7.37. The van der Waals surface area contributed by atoms with E-state index in [1.54, 1.807) is 39.0 Å². The van der Waals surface area contributed by atoms with Crippen LogP contribution in [0.15, 0.2) is 59.4 Å². The number of likely N-dealkylation sites (tertiary alicyclic amines) is 1. The van der Waals surface area contributed by atoms with Crippen LogP contribution in [0, 0.1) is 11.3 Å². The molecular formula is C26H27N3O5. The van der Waals surface area contributed by atoms with Crippen LogP contribution in [-0.4, -0.2) is 45.2 Å². The predicted octanol–water partition coefficient (Wildman–Crippen LogP) is 4.54. The van der Waals surface area contributed by atoms with Crippen molar-refractivity contribution < 1.29 is 19.4 Å². The van der Waals surface area contributed by atoms with E-state index in [4.69, 9.17) is 15.1 Å². The Balaban J connectivity index is 0.000000197. The van der Waals surface area contributed by atoms with Crippen LogP contribution in [0.25, 0.3) is 22.0 Å². The number of pyridine rings is 1. The molecule has 8 heteroatoms. The molecule has 34 heavy (non-hydrogen) atoms. The van der Waals surface area contributed by atoms with Crippen molar-refractivity contribution in [3.8, 4) is 17.3 Å². The first-order valence-corrected chi connectivity index (χ1v) is 10.9. The van der Waals surface area contributed by atoms with Crippen molar-refractivity contribution in [2.75, 3.05) is 6.54 Å². The maximum atomic E-state index is 12.0. The van der Waals surface area contributed by atoms with Crippen molar-refractivity contribution in [3.63, 3.8) is 0 Å². The molecule has 3 aromatic rings. The summed E-state index contributed by atoms with van der Waals surface area (Å²) in [7, 11) is 0. The van der Waals surface area contributed by atoms with E-state index >= 15 is 0 Å². The lowest BCUT2D eigenvalue weighted by Crippen LogP contribution is -2.43. The number of aromatic amines is 1. The maximum Gasteiger partial charge on any atom is 0.411 e. The molecule has 176 valence electrons. The largest absolute Gasteiger partial charge is 0.480 e. The fraction of sp³-hybridized carbons (Fsp3) is 0.308. The lowest BCUT2D eigenvalue weighted by Gasteiger charge is -2.26. The Bertz CT molecular complexity index is 1280. The summed E-state index contributed by atoms with van der Waals surface area (Å²) in [5.74, 6) is -0.960. The van der Waals surface area contributed by atoms with E-state index in [0.717, 1.165) is 23.1 Å². The van der Waals surface area contributed by atoms with Gasteiger partial charge in [0.05, 0.1) is 11.6 Å². The third-order valence-corrected chi connectivity index (χ3v) is 5.24. The third kappa shape index (κ3) is 6.01. The number of benzene rings is 2. The smallest absolute Gasteiger partial charge is 0.411 e. The number of ether oxygens (including phenoxy) is 1. The summed E-state index contributed by atoms with van der Waals surface area (Å²) in [5.41, 5.74) is 1.57. The number of rotatable bonds is 2. The molecular weight excluding hydrogens is 434 g/mol. The Morgan fingerprint density at radius 2 is 1.82 bits per heavy atom. The molecule has 2 N–H and O–H groups in total. The molecule has 1 aromatic heterocycles. The second kappa shape index (κ2) is 10.2. The van der Waals surface area contributed by atoms with Gasteiger partial charge in [0.2, 0.25) is 0 Å².